The van der Waals surface area contributed by atoms with Crippen molar-refractivity contribution in [3.8, 4) is 0 Å². The molecule has 1 N–H and O–H groups in total. The molecule has 4 aliphatic heterocycles. The highest BCUT2D eigenvalue weighted by Crippen LogP contribution is 2.40. The van der Waals surface area contributed by atoms with Gasteiger partial charge in [0.05, 0.1) is 6.54 Å². The van der Waals surface area contributed by atoms with Gasteiger partial charge in [-0.25, -0.2) is 4.99 Å². The molecule has 5 heterocycles. The summed E-state index contributed by atoms with van der Waals surface area (Å²) in [5.74, 6) is 0.595. The first kappa shape index (κ1) is 13.6. The van der Waals surface area contributed by atoms with Crippen LogP contribution in [0.3, 0.4) is 0 Å². The molecular weight excluding hydrogens is 316 g/mol. The monoisotopic (exact) mass is 332 g/mol. The van der Waals surface area contributed by atoms with E-state index in [2.05, 4.69) is 20.2 Å². The average molecular weight is 333 g/mol. The Bertz CT molecular complexity index is 796. The van der Waals surface area contributed by atoms with Gasteiger partial charge in [-0.05, 0) is 44.1 Å². The standard InChI is InChI=1S/C16H17ClN4O2/c17-11-1-2-13-12(7-11)19-15(22-13)20-14-18-8-16(23-14)9-21-5-3-10(16)4-6-21/h1-2,7,10H,3-6,8-9H2,(H,18,19,20). The fourth-order valence-electron chi connectivity index (χ4n) is 3.99. The number of ether oxygens (including phenoxy) is 1. The van der Waals surface area contributed by atoms with E-state index in [1.165, 1.54) is 25.9 Å². The van der Waals surface area contributed by atoms with E-state index in [-0.39, 0.29) is 5.60 Å². The molecule has 0 radical (unpaired) electrons. The van der Waals surface area contributed by atoms with E-state index in [4.69, 9.17) is 20.8 Å². The number of benzene rings is 1. The van der Waals surface area contributed by atoms with Crippen LogP contribution in [0.1, 0.15) is 12.8 Å². The third kappa shape index (κ3) is 2.20. The third-order valence-corrected chi connectivity index (χ3v) is 5.41. The van der Waals surface area contributed by atoms with Gasteiger partial charge in [0.15, 0.2) is 5.58 Å². The van der Waals surface area contributed by atoms with Crippen LogP contribution >= 0.6 is 11.6 Å². The van der Waals surface area contributed by atoms with Crippen molar-refractivity contribution in [2.75, 3.05) is 31.5 Å². The number of nitrogens with zero attached hydrogens (tertiary/aromatic N) is 3. The van der Waals surface area contributed by atoms with Crippen molar-refractivity contribution in [3.05, 3.63) is 23.2 Å². The summed E-state index contributed by atoms with van der Waals surface area (Å²) in [4.78, 5) is 11.4. The van der Waals surface area contributed by atoms with Gasteiger partial charge >= 0.3 is 6.01 Å². The zero-order valence-electron chi connectivity index (χ0n) is 12.6. The Kier molecular flexibility index (Phi) is 2.87. The third-order valence-electron chi connectivity index (χ3n) is 5.18. The van der Waals surface area contributed by atoms with Crippen LogP contribution < -0.4 is 5.32 Å². The molecule has 6 nitrogen and oxygen atoms in total. The Labute approximate surface area is 138 Å². The topological polar surface area (TPSA) is 62.9 Å². The highest BCUT2D eigenvalue weighted by atomic mass is 35.5. The highest BCUT2D eigenvalue weighted by Gasteiger charge is 2.51. The van der Waals surface area contributed by atoms with Crippen molar-refractivity contribution in [2.45, 2.75) is 18.4 Å². The Balaban J connectivity index is 1.35. The van der Waals surface area contributed by atoms with Crippen LogP contribution in [-0.2, 0) is 4.74 Å². The number of fused-ring (bicyclic) bond motifs is 3. The summed E-state index contributed by atoms with van der Waals surface area (Å²) in [5, 5.41) is 3.71. The predicted octanol–water partition coefficient (Wildman–Crippen LogP) is 2.74. The lowest BCUT2D eigenvalue weighted by Gasteiger charge is -2.50. The largest absolute Gasteiger partial charge is 0.455 e. The maximum Gasteiger partial charge on any atom is 0.303 e. The van der Waals surface area contributed by atoms with Gasteiger partial charge in [0.25, 0.3) is 6.02 Å². The second-order valence-corrected chi connectivity index (χ2v) is 7.03. The number of anilines is 1. The lowest BCUT2D eigenvalue weighted by atomic mass is 9.75. The van der Waals surface area contributed by atoms with E-state index in [0.717, 1.165) is 12.1 Å². The number of aliphatic imine (C=N–C) groups is 1. The first-order chi connectivity index (χ1) is 11.2. The van der Waals surface area contributed by atoms with E-state index >= 15 is 0 Å². The average Bonchev–Trinajstić information content (AvgIpc) is 3.12. The molecule has 7 heteroatoms. The van der Waals surface area contributed by atoms with Gasteiger partial charge in [-0.15, -0.1) is 0 Å². The van der Waals surface area contributed by atoms with Gasteiger partial charge in [0, 0.05) is 17.5 Å². The number of rotatable bonds is 1. The van der Waals surface area contributed by atoms with Crippen LogP contribution in [0.4, 0.5) is 6.01 Å². The van der Waals surface area contributed by atoms with Crippen molar-refractivity contribution in [2.24, 2.45) is 10.9 Å². The van der Waals surface area contributed by atoms with Crippen molar-refractivity contribution >= 4 is 34.7 Å². The minimum atomic E-state index is -0.159. The number of oxazole rings is 1. The Morgan fingerprint density at radius 3 is 2.96 bits per heavy atom. The number of amidine groups is 1. The van der Waals surface area contributed by atoms with Gasteiger partial charge in [-0.1, -0.05) is 11.6 Å². The molecule has 1 atom stereocenters. The van der Waals surface area contributed by atoms with Crippen molar-refractivity contribution < 1.29 is 9.15 Å². The molecule has 120 valence electrons. The number of hydrogen-bond acceptors (Lipinski definition) is 6. The summed E-state index contributed by atoms with van der Waals surface area (Å²) in [6.07, 6.45) is 2.40. The number of hydrogen-bond donors (Lipinski definition) is 1. The molecule has 1 aromatic heterocycles. The van der Waals surface area contributed by atoms with Gasteiger partial charge in [0.1, 0.15) is 11.1 Å². The van der Waals surface area contributed by atoms with Crippen LogP contribution in [0, 0.1) is 5.92 Å². The van der Waals surface area contributed by atoms with Gasteiger partial charge < -0.3 is 9.15 Å². The predicted molar refractivity (Wildman–Crippen MR) is 87.9 cm³/mol. The Hall–Kier alpha value is -1.79. The summed E-state index contributed by atoms with van der Waals surface area (Å²) in [6.45, 7) is 4.05. The molecule has 1 aromatic carbocycles. The minimum absolute atomic E-state index is 0.159. The van der Waals surface area contributed by atoms with Crippen LogP contribution in [0.5, 0.6) is 0 Å². The lowest BCUT2D eigenvalue weighted by Crippen LogP contribution is -2.61. The fourth-order valence-corrected chi connectivity index (χ4v) is 4.16. The number of halogens is 1. The highest BCUT2D eigenvalue weighted by molar-refractivity contribution is 6.31. The molecule has 0 amide bonds. The minimum Gasteiger partial charge on any atom is -0.455 e. The molecule has 1 unspecified atom stereocenters. The second kappa shape index (κ2) is 4.85. The SMILES string of the molecule is Clc1ccc2oc(NC3=NCC4(CN5CCC4CC5)O3)nc2c1. The molecule has 23 heavy (non-hydrogen) atoms. The second-order valence-electron chi connectivity index (χ2n) is 6.59. The molecule has 0 aliphatic carbocycles. The van der Waals surface area contributed by atoms with Gasteiger partial charge in [0.2, 0.25) is 0 Å². The Morgan fingerprint density at radius 1 is 1.30 bits per heavy atom. The zero-order valence-corrected chi connectivity index (χ0v) is 13.3. The van der Waals surface area contributed by atoms with Gasteiger partial charge in [-0.3, -0.25) is 10.2 Å². The summed E-state index contributed by atoms with van der Waals surface area (Å²) >= 11 is 5.98. The first-order valence-electron chi connectivity index (χ1n) is 7.99. The maximum absolute atomic E-state index is 6.22. The molecule has 2 bridgehead atoms. The number of piperidine rings is 3. The van der Waals surface area contributed by atoms with E-state index in [1.807, 2.05) is 6.07 Å². The number of aromatic nitrogens is 1. The summed E-state index contributed by atoms with van der Waals surface area (Å²) in [6, 6.07) is 6.26. The van der Waals surface area contributed by atoms with Crippen LogP contribution in [0.2, 0.25) is 5.02 Å². The normalized spacial score (nSPS) is 32.3. The van der Waals surface area contributed by atoms with E-state index < -0.39 is 0 Å². The van der Waals surface area contributed by atoms with Crippen LogP contribution in [-0.4, -0.2) is 47.7 Å². The first-order valence-corrected chi connectivity index (χ1v) is 8.37. The molecule has 3 saturated heterocycles. The Morgan fingerprint density at radius 2 is 2.17 bits per heavy atom. The molecular formula is C16H17ClN4O2. The van der Waals surface area contributed by atoms with Crippen molar-refractivity contribution in [1.82, 2.24) is 9.88 Å². The van der Waals surface area contributed by atoms with Gasteiger partial charge in [-0.2, -0.15) is 4.98 Å². The summed E-state index contributed by atoms with van der Waals surface area (Å²) in [5.41, 5.74) is 1.25. The van der Waals surface area contributed by atoms with Crippen LogP contribution in [0.25, 0.3) is 11.1 Å². The molecule has 4 aliphatic rings. The molecule has 1 spiro atoms. The lowest BCUT2D eigenvalue weighted by molar-refractivity contribution is -0.0829. The summed E-state index contributed by atoms with van der Waals surface area (Å²) < 4.78 is 11.9. The maximum atomic E-state index is 6.22. The zero-order chi connectivity index (χ0) is 15.4. The molecule has 6 rings (SSSR count). The van der Waals surface area contributed by atoms with Crippen LogP contribution in [0.15, 0.2) is 27.6 Å². The number of nitrogens with one attached hydrogen (secondary N) is 1. The molecule has 2 aromatic rings. The van der Waals surface area contributed by atoms with E-state index in [1.54, 1.807) is 12.1 Å². The molecule has 0 saturated carbocycles. The smallest absolute Gasteiger partial charge is 0.303 e. The van der Waals surface area contributed by atoms with E-state index in [0.29, 0.717) is 35.1 Å². The van der Waals surface area contributed by atoms with Crippen molar-refractivity contribution in [3.63, 3.8) is 0 Å². The molecule has 3 fully saturated rings. The summed E-state index contributed by atoms with van der Waals surface area (Å²) in [7, 11) is 0. The van der Waals surface area contributed by atoms with E-state index in [9.17, 15) is 0 Å². The van der Waals surface area contributed by atoms with Crippen molar-refractivity contribution in [1.29, 1.82) is 0 Å². The fraction of sp³-hybridized carbons (Fsp3) is 0.500. The quantitative estimate of drug-likeness (QED) is 0.870.